The van der Waals surface area contributed by atoms with Gasteiger partial charge in [-0.05, 0) is 6.42 Å². The molecule has 5 N–H and O–H groups in total. The van der Waals surface area contributed by atoms with Crippen LogP contribution in [-0.4, -0.2) is 38.1 Å². The number of unbranched alkanes of at least 4 members (excludes halogenated alkanes) is 1. The van der Waals surface area contributed by atoms with E-state index < -0.39 is 11.8 Å². The van der Waals surface area contributed by atoms with Crippen LogP contribution in [0.2, 0.25) is 0 Å². The van der Waals surface area contributed by atoms with Gasteiger partial charge in [-0.2, -0.15) is 0 Å². The predicted octanol–water partition coefficient (Wildman–Crippen LogP) is -1.54. The maximum atomic E-state index is 9.02. The van der Waals surface area contributed by atoms with E-state index in [2.05, 4.69) is 10.3 Å². The second-order valence-electron chi connectivity index (χ2n) is 3.09. The summed E-state index contributed by atoms with van der Waals surface area (Å²) in [4.78, 5) is 3.33. The Labute approximate surface area is 75.5 Å². The van der Waals surface area contributed by atoms with Crippen LogP contribution in [0.1, 0.15) is 26.2 Å². The van der Waals surface area contributed by atoms with Gasteiger partial charge in [-0.25, -0.2) is 4.99 Å². The van der Waals surface area contributed by atoms with Crippen molar-refractivity contribution in [1.82, 2.24) is 5.32 Å². The lowest BCUT2D eigenvalue weighted by Gasteiger charge is -2.24. The van der Waals surface area contributed by atoms with Crippen molar-refractivity contribution in [2.75, 3.05) is 0 Å². The van der Waals surface area contributed by atoms with Gasteiger partial charge in [0, 0.05) is 6.42 Å². The first-order chi connectivity index (χ1) is 5.89. The van der Waals surface area contributed by atoms with Gasteiger partial charge in [-0.3, -0.25) is 0 Å². The average Bonchev–Trinajstić information content (AvgIpc) is 2.17. The first-order valence-corrected chi connectivity index (χ1v) is 4.15. The van der Waals surface area contributed by atoms with Crippen molar-refractivity contribution >= 4 is 5.84 Å². The monoisotopic (exact) mass is 190 g/mol. The molecule has 1 aliphatic rings. The van der Waals surface area contributed by atoms with Gasteiger partial charge in [0.05, 0.1) is 0 Å². The van der Waals surface area contributed by atoms with Gasteiger partial charge in [-0.15, -0.1) is 0 Å². The molecular weight excluding hydrogens is 176 g/mol. The number of amidine groups is 1. The Bertz CT molecular complexity index is 225. The number of hydrogen-bond acceptors (Lipinski definition) is 6. The van der Waals surface area contributed by atoms with E-state index in [9.17, 15) is 0 Å². The molecule has 0 bridgehead atoms. The molecular formula is C7H14N2O4. The fourth-order valence-electron chi connectivity index (χ4n) is 1.04. The SMILES string of the molecule is CCCCC1=NC(O)(O)C(O)(O)N1. The van der Waals surface area contributed by atoms with Crippen LogP contribution in [0.25, 0.3) is 0 Å². The Morgan fingerprint density at radius 2 is 1.92 bits per heavy atom. The number of nitrogens with one attached hydrogen (secondary N) is 1. The van der Waals surface area contributed by atoms with Crippen molar-refractivity contribution in [3.05, 3.63) is 0 Å². The van der Waals surface area contributed by atoms with E-state index in [4.69, 9.17) is 20.4 Å². The van der Waals surface area contributed by atoms with Crippen molar-refractivity contribution in [2.45, 2.75) is 38.0 Å². The highest BCUT2D eigenvalue weighted by Crippen LogP contribution is 2.22. The van der Waals surface area contributed by atoms with E-state index in [0.29, 0.717) is 6.42 Å². The average molecular weight is 190 g/mol. The third-order valence-corrected chi connectivity index (χ3v) is 1.84. The Hall–Kier alpha value is -0.690. The van der Waals surface area contributed by atoms with Gasteiger partial charge in [0.1, 0.15) is 5.84 Å². The highest BCUT2D eigenvalue weighted by Gasteiger charge is 2.53. The summed E-state index contributed by atoms with van der Waals surface area (Å²) in [6.45, 7) is 1.96. The van der Waals surface area contributed by atoms with Gasteiger partial charge >= 0.3 is 11.8 Å². The first-order valence-electron chi connectivity index (χ1n) is 4.15. The molecule has 1 rings (SSSR count). The Balaban J connectivity index is 2.63. The number of hydrogen-bond donors (Lipinski definition) is 5. The Kier molecular flexibility index (Phi) is 2.58. The lowest BCUT2D eigenvalue weighted by atomic mass is 10.2. The molecule has 0 aliphatic carbocycles. The van der Waals surface area contributed by atoms with Gasteiger partial charge in [-0.1, -0.05) is 13.3 Å². The summed E-state index contributed by atoms with van der Waals surface area (Å²) in [5, 5.41) is 38.2. The largest absolute Gasteiger partial charge is 0.344 e. The topological polar surface area (TPSA) is 105 Å². The fraction of sp³-hybridized carbons (Fsp3) is 0.857. The summed E-state index contributed by atoms with van der Waals surface area (Å²) < 4.78 is 0. The van der Waals surface area contributed by atoms with Crippen LogP contribution in [0.3, 0.4) is 0 Å². The summed E-state index contributed by atoms with van der Waals surface area (Å²) in [7, 11) is 0. The molecule has 0 spiro atoms. The normalized spacial score (nSPS) is 23.9. The number of aliphatic hydroxyl groups is 4. The zero-order chi connectivity index (χ0) is 10.1. The highest BCUT2D eigenvalue weighted by molar-refractivity contribution is 5.84. The van der Waals surface area contributed by atoms with Gasteiger partial charge < -0.3 is 25.7 Å². The minimum Gasteiger partial charge on any atom is -0.343 e. The van der Waals surface area contributed by atoms with Crippen molar-refractivity contribution in [3.63, 3.8) is 0 Å². The van der Waals surface area contributed by atoms with E-state index in [1.165, 1.54) is 0 Å². The van der Waals surface area contributed by atoms with Crippen LogP contribution in [0.4, 0.5) is 0 Å². The minimum absolute atomic E-state index is 0.192. The van der Waals surface area contributed by atoms with E-state index in [1.807, 2.05) is 6.92 Å². The molecule has 6 heteroatoms. The third kappa shape index (κ3) is 1.97. The van der Waals surface area contributed by atoms with Gasteiger partial charge in [0.25, 0.3) is 0 Å². The van der Waals surface area contributed by atoms with Crippen molar-refractivity contribution in [3.8, 4) is 0 Å². The van der Waals surface area contributed by atoms with Crippen molar-refractivity contribution < 1.29 is 20.4 Å². The standard InChI is InChI=1S/C7H14N2O4/c1-2-3-4-5-8-6(10,11)7(12,13)9-5/h10-13H,2-4H2,1H3,(H,8,9). The van der Waals surface area contributed by atoms with Crippen LogP contribution in [-0.2, 0) is 0 Å². The molecule has 0 saturated carbocycles. The maximum Gasteiger partial charge on any atom is 0.344 e. The van der Waals surface area contributed by atoms with E-state index in [0.717, 1.165) is 12.8 Å². The van der Waals surface area contributed by atoms with Crippen LogP contribution in [0.5, 0.6) is 0 Å². The minimum atomic E-state index is -2.85. The van der Waals surface area contributed by atoms with Gasteiger partial charge in [0.2, 0.25) is 0 Å². The van der Waals surface area contributed by atoms with Crippen molar-refractivity contribution in [2.24, 2.45) is 4.99 Å². The molecule has 0 aromatic heterocycles. The molecule has 0 atom stereocenters. The molecule has 1 aliphatic heterocycles. The van der Waals surface area contributed by atoms with E-state index in [1.54, 1.807) is 0 Å². The molecule has 0 aromatic rings. The smallest absolute Gasteiger partial charge is 0.343 e. The summed E-state index contributed by atoms with van der Waals surface area (Å²) >= 11 is 0. The van der Waals surface area contributed by atoms with Crippen LogP contribution < -0.4 is 5.32 Å². The summed E-state index contributed by atoms with van der Waals surface area (Å²) in [6.07, 6.45) is 2.16. The molecule has 0 radical (unpaired) electrons. The van der Waals surface area contributed by atoms with Crippen LogP contribution in [0.15, 0.2) is 4.99 Å². The molecule has 0 saturated heterocycles. The predicted molar refractivity (Wildman–Crippen MR) is 44.4 cm³/mol. The van der Waals surface area contributed by atoms with Gasteiger partial charge in [0.15, 0.2) is 0 Å². The zero-order valence-corrected chi connectivity index (χ0v) is 7.36. The zero-order valence-electron chi connectivity index (χ0n) is 7.36. The number of aliphatic imine (C=N–C) groups is 1. The van der Waals surface area contributed by atoms with Crippen LogP contribution >= 0.6 is 0 Å². The molecule has 6 nitrogen and oxygen atoms in total. The summed E-state index contributed by atoms with van der Waals surface area (Å²) in [5.41, 5.74) is 0. The first kappa shape index (κ1) is 10.4. The molecule has 0 fully saturated rings. The van der Waals surface area contributed by atoms with E-state index in [-0.39, 0.29) is 5.84 Å². The number of nitrogens with zero attached hydrogens (tertiary/aromatic N) is 1. The quantitative estimate of drug-likeness (QED) is 0.347. The molecule has 0 unspecified atom stereocenters. The summed E-state index contributed by atoms with van der Waals surface area (Å²) in [6, 6.07) is 0. The molecule has 0 amide bonds. The molecule has 1 heterocycles. The molecule has 0 aromatic carbocycles. The molecule has 13 heavy (non-hydrogen) atoms. The van der Waals surface area contributed by atoms with E-state index >= 15 is 0 Å². The maximum absolute atomic E-state index is 9.02. The third-order valence-electron chi connectivity index (χ3n) is 1.84. The Morgan fingerprint density at radius 1 is 1.31 bits per heavy atom. The second kappa shape index (κ2) is 3.22. The fourth-order valence-corrected chi connectivity index (χ4v) is 1.04. The Morgan fingerprint density at radius 3 is 2.31 bits per heavy atom. The number of rotatable bonds is 3. The lowest BCUT2D eigenvalue weighted by molar-refractivity contribution is -0.350. The molecule has 76 valence electrons. The second-order valence-corrected chi connectivity index (χ2v) is 3.09. The summed E-state index contributed by atoms with van der Waals surface area (Å²) in [5.74, 6) is -5.44. The van der Waals surface area contributed by atoms with Crippen LogP contribution in [0, 0.1) is 0 Å². The highest BCUT2D eigenvalue weighted by atomic mass is 16.6. The van der Waals surface area contributed by atoms with Crippen molar-refractivity contribution in [1.29, 1.82) is 0 Å². The lowest BCUT2D eigenvalue weighted by Crippen LogP contribution is -2.58.